The highest BCUT2D eigenvalue weighted by Gasteiger charge is 2.15. The molecule has 0 atom stereocenters. The molecule has 0 amide bonds. The Balaban J connectivity index is 2.46. The molecule has 2 heterocycles. The van der Waals surface area contributed by atoms with Crippen molar-refractivity contribution in [2.24, 2.45) is 0 Å². The standard InChI is InChI=1S/C8H8ClN2O/c1-11-4-5-12-8-6(11)2-3-7(9)10-8/h2H,4-5H2,1H3. The summed E-state index contributed by atoms with van der Waals surface area (Å²) in [5, 5.41) is 0.351. The van der Waals surface area contributed by atoms with Crippen LogP contribution in [0.4, 0.5) is 5.69 Å². The van der Waals surface area contributed by atoms with Gasteiger partial charge in [0.25, 0.3) is 0 Å². The van der Waals surface area contributed by atoms with Crippen LogP contribution in [0, 0.1) is 6.07 Å². The van der Waals surface area contributed by atoms with E-state index in [0.717, 1.165) is 12.2 Å². The summed E-state index contributed by atoms with van der Waals surface area (Å²) in [7, 11) is 1.99. The van der Waals surface area contributed by atoms with Crippen LogP contribution in [0.25, 0.3) is 0 Å². The number of rotatable bonds is 0. The molecule has 1 radical (unpaired) electrons. The van der Waals surface area contributed by atoms with Gasteiger partial charge in [-0.2, -0.15) is 4.98 Å². The zero-order chi connectivity index (χ0) is 8.55. The summed E-state index contributed by atoms with van der Waals surface area (Å²) in [6.45, 7) is 1.54. The van der Waals surface area contributed by atoms with Crippen LogP contribution in [-0.4, -0.2) is 25.2 Å². The molecule has 1 aliphatic heterocycles. The molecular weight excluding hydrogens is 176 g/mol. The number of hydrogen-bond donors (Lipinski definition) is 0. The number of anilines is 1. The van der Waals surface area contributed by atoms with Crippen LogP contribution in [0.15, 0.2) is 6.07 Å². The van der Waals surface area contributed by atoms with Crippen molar-refractivity contribution in [3.8, 4) is 5.88 Å². The molecule has 63 valence electrons. The van der Waals surface area contributed by atoms with E-state index in [4.69, 9.17) is 16.3 Å². The lowest BCUT2D eigenvalue weighted by Crippen LogP contribution is -2.29. The van der Waals surface area contributed by atoms with Crippen molar-refractivity contribution in [1.82, 2.24) is 4.98 Å². The van der Waals surface area contributed by atoms with E-state index < -0.39 is 0 Å². The Labute approximate surface area is 75.9 Å². The van der Waals surface area contributed by atoms with Crippen molar-refractivity contribution < 1.29 is 4.74 Å². The molecule has 0 unspecified atom stereocenters. The molecule has 0 saturated carbocycles. The van der Waals surface area contributed by atoms with E-state index in [2.05, 4.69) is 16.0 Å². The predicted molar refractivity (Wildman–Crippen MR) is 46.8 cm³/mol. The molecule has 0 aromatic carbocycles. The number of halogens is 1. The van der Waals surface area contributed by atoms with E-state index in [1.807, 2.05) is 7.05 Å². The monoisotopic (exact) mass is 183 g/mol. The first-order valence-corrected chi connectivity index (χ1v) is 4.07. The molecule has 0 bridgehead atoms. The van der Waals surface area contributed by atoms with Gasteiger partial charge in [0.15, 0.2) is 0 Å². The Morgan fingerprint density at radius 3 is 3.42 bits per heavy atom. The van der Waals surface area contributed by atoms with Gasteiger partial charge in [0.2, 0.25) is 5.88 Å². The molecule has 12 heavy (non-hydrogen) atoms. The third kappa shape index (κ3) is 1.20. The fourth-order valence-electron chi connectivity index (χ4n) is 1.15. The minimum atomic E-state index is 0.351. The molecule has 1 aliphatic rings. The van der Waals surface area contributed by atoms with Gasteiger partial charge in [-0.05, 0) is 6.07 Å². The minimum Gasteiger partial charge on any atom is -0.474 e. The van der Waals surface area contributed by atoms with Crippen LogP contribution in [0.1, 0.15) is 0 Å². The summed E-state index contributed by atoms with van der Waals surface area (Å²) < 4.78 is 5.32. The van der Waals surface area contributed by atoms with Crippen LogP contribution in [0.3, 0.4) is 0 Å². The molecule has 0 fully saturated rings. The first-order valence-electron chi connectivity index (χ1n) is 3.69. The highest BCUT2D eigenvalue weighted by atomic mass is 35.5. The van der Waals surface area contributed by atoms with Crippen LogP contribution in [0.5, 0.6) is 5.88 Å². The molecule has 1 aromatic heterocycles. The maximum atomic E-state index is 5.66. The quantitative estimate of drug-likeness (QED) is 0.568. The second-order valence-electron chi connectivity index (χ2n) is 2.65. The predicted octanol–water partition coefficient (Wildman–Crippen LogP) is 1.36. The number of nitrogens with zero attached hydrogens (tertiary/aromatic N) is 2. The number of ether oxygens (including phenoxy) is 1. The second kappa shape index (κ2) is 2.83. The number of hydrogen-bond acceptors (Lipinski definition) is 3. The van der Waals surface area contributed by atoms with Gasteiger partial charge in [0.1, 0.15) is 17.4 Å². The molecule has 0 N–H and O–H groups in total. The number of pyridine rings is 1. The van der Waals surface area contributed by atoms with Gasteiger partial charge in [-0.25, -0.2) is 0 Å². The first kappa shape index (κ1) is 7.68. The van der Waals surface area contributed by atoms with E-state index in [9.17, 15) is 0 Å². The zero-order valence-electron chi connectivity index (χ0n) is 6.67. The highest BCUT2D eigenvalue weighted by Crippen LogP contribution is 2.29. The molecule has 4 heteroatoms. The van der Waals surface area contributed by atoms with Gasteiger partial charge < -0.3 is 9.64 Å². The summed E-state index contributed by atoms with van der Waals surface area (Å²) in [5.74, 6) is 0.604. The molecular formula is C8H8ClN2O. The van der Waals surface area contributed by atoms with E-state index in [1.54, 1.807) is 6.07 Å². The smallest absolute Gasteiger partial charge is 0.239 e. The topological polar surface area (TPSA) is 25.4 Å². The summed E-state index contributed by atoms with van der Waals surface area (Å²) in [4.78, 5) is 6.08. The Morgan fingerprint density at radius 2 is 2.58 bits per heavy atom. The van der Waals surface area contributed by atoms with Gasteiger partial charge in [0, 0.05) is 13.1 Å². The van der Waals surface area contributed by atoms with Crippen LogP contribution in [-0.2, 0) is 0 Å². The van der Waals surface area contributed by atoms with E-state index in [0.29, 0.717) is 17.6 Å². The molecule has 0 aliphatic carbocycles. The maximum absolute atomic E-state index is 5.66. The van der Waals surface area contributed by atoms with Crippen LogP contribution in [0.2, 0.25) is 5.15 Å². The summed E-state index contributed by atoms with van der Waals surface area (Å²) in [6, 6.07) is 4.62. The first-order chi connectivity index (χ1) is 5.77. The number of aromatic nitrogens is 1. The van der Waals surface area contributed by atoms with Gasteiger partial charge >= 0.3 is 0 Å². The highest BCUT2D eigenvalue weighted by molar-refractivity contribution is 6.29. The van der Waals surface area contributed by atoms with E-state index >= 15 is 0 Å². The minimum absolute atomic E-state index is 0.351. The fraction of sp³-hybridized carbons (Fsp3) is 0.375. The summed E-state index contributed by atoms with van der Waals surface area (Å²) in [6.07, 6.45) is 0. The van der Waals surface area contributed by atoms with Gasteiger partial charge in [-0.15, -0.1) is 0 Å². The van der Waals surface area contributed by atoms with E-state index in [-0.39, 0.29) is 0 Å². The summed E-state index contributed by atoms with van der Waals surface area (Å²) >= 11 is 5.66. The van der Waals surface area contributed by atoms with Crippen molar-refractivity contribution in [3.63, 3.8) is 0 Å². The second-order valence-corrected chi connectivity index (χ2v) is 3.01. The molecule has 3 nitrogen and oxygen atoms in total. The molecule has 1 aromatic rings. The zero-order valence-corrected chi connectivity index (χ0v) is 7.43. The Kier molecular flexibility index (Phi) is 1.81. The lowest BCUT2D eigenvalue weighted by Gasteiger charge is -2.26. The lowest BCUT2D eigenvalue weighted by atomic mass is 10.3. The third-order valence-electron chi connectivity index (χ3n) is 1.82. The lowest BCUT2D eigenvalue weighted by molar-refractivity contribution is 0.299. The van der Waals surface area contributed by atoms with Crippen LogP contribution < -0.4 is 9.64 Å². The number of fused-ring (bicyclic) bond motifs is 1. The Hall–Kier alpha value is -0.960. The average molecular weight is 184 g/mol. The third-order valence-corrected chi connectivity index (χ3v) is 2.02. The van der Waals surface area contributed by atoms with Crippen molar-refractivity contribution in [2.45, 2.75) is 0 Å². The van der Waals surface area contributed by atoms with Crippen molar-refractivity contribution in [1.29, 1.82) is 0 Å². The number of likely N-dealkylation sites (N-methyl/N-ethyl adjacent to an activating group) is 1. The summed E-state index contributed by atoms with van der Waals surface area (Å²) in [5.41, 5.74) is 0.950. The van der Waals surface area contributed by atoms with Gasteiger partial charge in [-0.3, -0.25) is 0 Å². The maximum Gasteiger partial charge on any atom is 0.239 e. The Bertz CT molecular complexity index is 303. The van der Waals surface area contributed by atoms with Crippen molar-refractivity contribution >= 4 is 17.3 Å². The largest absolute Gasteiger partial charge is 0.474 e. The molecule has 2 rings (SSSR count). The van der Waals surface area contributed by atoms with Crippen LogP contribution >= 0.6 is 11.6 Å². The normalized spacial score (nSPS) is 15.3. The Morgan fingerprint density at radius 1 is 1.75 bits per heavy atom. The van der Waals surface area contributed by atoms with E-state index in [1.165, 1.54) is 0 Å². The van der Waals surface area contributed by atoms with Crippen molar-refractivity contribution in [2.75, 3.05) is 25.1 Å². The molecule has 0 saturated heterocycles. The molecule has 0 spiro atoms. The SMILES string of the molecule is CN1CCOc2nc(Cl)[c]cc21. The van der Waals surface area contributed by atoms with Crippen molar-refractivity contribution in [3.05, 3.63) is 17.3 Å². The van der Waals surface area contributed by atoms with Gasteiger partial charge in [-0.1, -0.05) is 11.6 Å². The fourth-order valence-corrected chi connectivity index (χ4v) is 1.28. The average Bonchev–Trinajstić information content (AvgIpc) is 2.04. The van der Waals surface area contributed by atoms with Gasteiger partial charge in [0.05, 0.1) is 6.54 Å².